The number of nitrogens with one attached hydrogen (secondary N) is 1. The molecular weight excluding hydrogens is 288 g/mol. The van der Waals surface area contributed by atoms with Gasteiger partial charge in [-0.2, -0.15) is 0 Å². The molecule has 3 rings (SSSR count). The molecule has 0 aliphatic heterocycles. The largest absolute Gasteiger partial charge is 0.491 e. The number of hydrogen-bond acceptors (Lipinski definition) is 4. The van der Waals surface area contributed by atoms with Gasteiger partial charge in [0.15, 0.2) is 0 Å². The van der Waals surface area contributed by atoms with Crippen molar-refractivity contribution in [3.8, 4) is 5.75 Å². The number of ether oxygens (including phenoxy) is 1. The average Bonchev–Trinajstić information content (AvgIpc) is 2.92. The zero-order valence-electron chi connectivity index (χ0n) is 11.4. The number of fused-ring (bicyclic) bond motifs is 1. The molecule has 0 atom stereocenters. The number of halogens is 1. The Labute approximate surface area is 127 Å². The normalized spacial score (nSPS) is 10.9. The van der Waals surface area contributed by atoms with Crippen LogP contribution in [0.4, 0.5) is 0 Å². The van der Waals surface area contributed by atoms with Gasteiger partial charge in [0.1, 0.15) is 17.9 Å². The summed E-state index contributed by atoms with van der Waals surface area (Å²) in [6.45, 7) is 1.82. The van der Waals surface area contributed by atoms with Crippen LogP contribution in [0.3, 0.4) is 0 Å². The van der Waals surface area contributed by atoms with Crippen LogP contribution in [0.2, 0.25) is 5.02 Å². The van der Waals surface area contributed by atoms with Gasteiger partial charge < -0.3 is 4.74 Å². The van der Waals surface area contributed by atoms with Crippen LogP contribution in [-0.2, 0) is 6.67 Å². The van der Waals surface area contributed by atoms with E-state index in [1.807, 2.05) is 53.2 Å². The van der Waals surface area contributed by atoms with Crippen molar-refractivity contribution in [2.45, 2.75) is 6.67 Å². The first-order valence-electron chi connectivity index (χ1n) is 6.71. The summed E-state index contributed by atoms with van der Waals surface area (Å²) in [5.74, 6) is 0.701. The number of benzene rings is 2. The number of hydrogen-bond donors (Lipinski definition) is 1. The lowest BCUT2D eigenvalue weighted by molar-refractivity contribution is 0.306. The number of aromatic nitrogens is 3. The van der Waals surface area contributed by atoms with E-state index in [9.17, 15) is 0 Å². The van der Waals surface area contributed by atoms with Gasteiger partial charge in [-0.15, -0.1) is 5.10 Å². The Morgan fingerprint density at radius 3 is 2.81 bits per heavy atom. The van der Waals surface area contributed by atoms with Crippen molar-refractivity contribution in [3.05, 3.63) is 53.6 Å². The minimum absolute atomic E-state index is 0.538. The smallest absolute Gasteiger partial charge is 0.137 e. The standard InChI is InChI=1S/C15H15ClN4O/c16-12-5-1-4-8-15(12)21-10-9-17-11-20-14-7-3-2-6-13(14)18-19-20/h1-8,17H,9-11H2. The molecule has 108 valence electrons. The van der Waals surface area contributed by atoms with Gasteiger partial charge in [-0.1, -0.05) is 41.1 Å². The molecule has 6 heteroatoms. The summed E-state index contributed by atoms with van der Waals surface area (Å²) in [5, 5.41) is 12.1. The van der Waals surface area contributed by atoms with E-state index in [0.717, 1.165) is 11.0 Å². The first-order chi connectivity index (χ1) is 10.3. The van der Waals surface area contributed by atoms with Crippen molar-refractivity contribution in [2.24, 2.45) is 0 Å². The molecule has 0 amide bonds. The van der Waals surface area contributed by atoms with E-state index in [1.165, 1.54) is 0 Å². The summed E-state index contributed by atoms with van der Waals surface area (Å²) in [5.41, 5.74) is 1.91. The summed E-state index contributed by atoms with van der Waals surface area (Å²) >= 11 is 6.02. The zero-order chi connectivity index (χ0) is 14.5. The van der Waals surface area contributed by atoms with Gasteiger partial charge in [0, 0.05) is 6.54 Å². The highest BCUT2D eigenvalue weighted by molar-refractivity contribution is 6.32. The Hall–Kier alpha value is -2.11. The number of rotatable bonds is 6. The van der Waals surface area contributed by atoms with E-state index in [1.54, 1.807) is 0 Å². The molecule has 0 aliphatic carbocycles. The minimum atomic E-state index is 0.538. The second-order valence-corrected chi connectivity index (χ2v) is 4.92. The predicted octanol–water partition coefficient (Wildman–Crippen LogP) is 2.71. The van der Waals surface area contributed by atoms with Gasteiger partial charge in [-0.05, 0) is 24.3 Å². The third-order valence-electron chi connectivity index (χ3n) is 3.05. The highest BCUT2D eigenvalue weighted by Gasteiger charge is 2.02. The molecular formula is C15H15ClN4O. The van der Waals surface area contributed by atoms with Crippen molar-refractivity contribution in [2.75, 3.05) is 13.2 Å². The molecule has 0 fully saturated rings. The molecule has 1 heterocycles. The molecule has 21 heavy (non-hydrogen) atoms. The van der Waals surface area contributed by atoms with E-state index >= 15 is 0 Å². The maximum absolute atomic E-state index is 6.02. The minimum Gasteiger partial charge on any atom is -0.491 e. The predicted molar refractivity (Wildman–Crippen MR) is 82.5 cm³/mol. The Kier molecular flexibility index (Phi) is 4.33. The van der Waals surface area contributed by atoms with Gasteiger partial charge in [-0.25, -0.2) is 4.68 Å². The van der Waals surface area contributed by atoms with Crippen molar-refractivity contribution in [1.29, 1.82) is 0 Å². The van der Waals surface area contributed by atoms with Gasteiger partial charge in [0.25, 0.3) is 0 Å². The van der Waals surface area contributed by atoms with Crippen LogP contribution in [-0.4, -0.2) is 28.1 Å². The third kappa shape index (κ3) is 3.32. The molecule has 0 aliphatic rings. The zero-order valence-corrected chi connectivity index (χ0v) is 12.1. The highest BCUT2D eigenvalue weighted by Crippen LogP contribution is 2.22. The molecule has 0 bridgehead atoms. The number of para-hydroxylation sites is 2. The SMILES string of the molecule is Clc1ccccc1OCCNCn1nnc2ccccc21. The van der Waals surface area contributed by atoms with E-state index < -0.39 is 0 Å². The molecule has 1 aromatic heterocycles. The van der Waals surface area contributed by atoms with E-state index in [0.29, 0.717) is 30.6 Å². The lowest BCUT2D eigenvalue weighted by Gasteiger charge is -2.09. The van der Waals surface area contributed by atoms with Gasteiger partial charge in [0.05, 0.1) is 17.2 Å². The van der Waals surface area contributed by atoms with Gasteiger partial charge in [0.2, 0.25) is 0 Å². The van der Waals surface area contributed by atoms with Crippen LogP contribution in [0.5, 0.6) is 5.75 Å². The number of nitrogens with zero attached hydrogens (tertiary/aromatic N) is 3. The highest BCUT2D eigenvalue weighted by atomic mass is 35.5. The quantitative estimate of drug-likeness (QED) is 0.711. The average molecular weight is 303 g/mol. The molecule has 2 aromatic carbocycles. The van der Waals surface area contributed by atoms with Crippen LogP contribution in [0, 0.1) is 0 Å². The second-order valence-electron chi connectivity index (χ2n) is 4.51. The topological polar surface area (TPSA) is 52.0 Å². The first-order valence-corrected chi connectivity index (χ1v) is 7.08. The summed E-state index contributed by atoms with van der Waals surface area (Å²) in [6, 6.07) is 15.3. The molecule has 5 nitrogen and oxygen atoms in total. The molecule has 0 radical (unpaired) electrons. The van der Waals surface area contributed by atoms with Gasteiger partial charge in [-0.3, -0.25) is 5.32 Å². The van der Waals surface area contributed by atoms with Crippen LogP contribution < -0.4 is 10.1 Å². The molecule has 0 unspecified atom stereocenters. The van der Waals surface area contributed by atoms with Crippen LogP contribution >= 0.6 is 11.6 Å². The first kappa shape index (κ1) is 13.9. The van der Waals surface area contributed by atoms with E-state index in [2.05, 4.69) is 15.6 Å². The maximum atomic E-state index is 6.02. The Bertz CT molecular complexity index is 728. The van der Waals surface area contributed by atoms with Crippen LogP contribution in [0.1, 0.15) is 0 Å². The van der Waals surface area contributed by atoms with Gasteiger partial charge >= 0.3 is 0 Å². The monoisotopic (exact) mass is 302 g/mol. The summed E-state index contributed by atoms with van der Waals surface area (Å²) < 4.78 is 7.43. The Morgan fingerprint density at radius 1 is 1.10 bits per heavy atom. The molecule has 3 aromatic rings. The fraction of sp³-hybridized carbons (Fsp3) is 0.200. The van der Waals surface area contributed by atoms with Crippen molar-refractivity contribution >= 4 is 22.6 Å². The maximum Gasteiger partial charge on any atom is 0.137 e. The lowest BCUT2D eigenvalue weighted by atomic mass is 10.3. The second kappa shape index (κ2) is 6.56. The molecule has 1 N–H and O–H groups in total. The lowest BCUT2D eigenvalue weighted by Crippen LogP contribution is -2.24. The third-order valence-corrected chi connectivity index (χ3v) is 3.37. The van der Waals surface area contributed by atoms with Crippen molar-refractivity contribution < 1.29 is 4.74 Å². The molecule has 0 saturated heterocycles. The van der Waals surface area contributed by atoms with E-state index in [4.69, 9.17) is 16.3 Å². The summed E-state index contributed by atoms with van der Waals surface area (Å²) in [7, 11) is 0. The molecule has 0 saturated carbocycles. The van der Waals surface area contributed by atoms with E-state index in [-0.39, 0.29) is 0 Å². The van der Waals surface area contributed by atoms with Crippen molar-refractivity contribution in [3.63, 3.8) is 0 Å². The Morgan fingerprint density at radius 2 is 1.90 bits per heavy atom. The Balaban J connectivity index is 1.47. The fourth-order valence-corrected chi connectivity index (χ4v) is 2.20. The fourth-order valence-electron chi connectivity index (χ4n) is 2.01. The molecule has 0 spiro atoms. The summed E-state index contributed by atoms with van der Waals surface area (Å²) in [6.07, 6.45) is 0. The van der Waals surface area contributed by atoms with Crippen molar-refractivity contribution in [1.82, 2.24) is 20.3 Å². The van der Waals surface area contributed by atoms with Crippen LogP contribution in [0.15, 0.2) is 48.5 Å². The van der Waals surface area contributed by atoms with Crippen LogP contribution in [0.25, 0.3) is 11.0 Å². The summed E-state index contributed by atoms with van der Waals surface area (Å²) in [4.78, 5) is 0.